The highest BCUT2D eigenvalue weighted by atomic mass is 79.9. The SMILES string of the molecule is Nc1ccc(NC(=O)C2CCCCCCC2)c(Br)c1. The molecule has 0 bridgehead atoms. The predicted molar refractivity (Wildman–Crippen MR) is 83.0 cm³/mol. The van der Waals surface area contributed by atoms with Crippen LogP contribution in [-0.4, -0.2) is 5.91 Å². The minimum Gasteiger partial charge on any atom is -0.399 e. The number of hydrogen-bond donors (Lipinski definition) is 2. The maximum absolute atomic E-state index is 12.3. The molecule has 0 atom stereocenters. The molecule has 0 aliphatic heterocycles. The van der Waals surface area contributed by atoms with E-state index in [1.54, 1.807) is 6.07 Å². The summed E-state index contributed by atoms with van der Waals surface area (Å²) in [6, 6.07) is 5.46. The molecule has 0 saturated heterocycles. The molecular weight excluding hydrogens is 304 g/mol. The summed E-state index contributed by atoms with van der Waals surface area (Å²) in [5, 5.41) is 3.01. The van der Waals surface area contributed by atoms with Crippen molar-refractivity contribution in [1.29, 1.82) is 0 Å². The van der Waals surface area contributed by atoms with Crippen molar-refractivity contribution < 1.29 is 4.79 Å². The Balaban J connectivity index is 1.98. The first kappa shape index (κ1) is 14.4. The van der Waals surface area contributed by atoms with E-state index in [1.807, 2.05) is 12.1 Å². The number of hydrogen-bond acceptors (Lipinski definition) is 2. The van der Waals surface area contributed by atoms with Gasteiger partial charge >= 0.3 is 0 Å². The first-order chi connectivity index (χ1) is 9.16. The number of carbonyl (C=O) groups is 1. The summed E-state index contributed by atoms with van der Waals surface area (Å²) in [4.78, 5) is 12.3. The number of nitrogens with two attached hydrogens (primary N) is 1. The molecule has 3 N–H and O–H groups in total. The van der Waals surface area contributed by atoms with Crippen LogP contribution in [-0.2, 0) is 4.79 Å². The fraction of sp³-hybridized carbons (Fsp3) is 0.533. The van der Waals surface area contributed by atoms with Gasteiger partial charge < -0.3 is 11.1 Å². The Morgan fingerprint density at radius 3 is 2.42 bits per heavy atom. The fourth-order valence-corrected chi connectivity index (χ4v) is 3.08. The third-order valence-electron chi connectivity index (χ3n) is 3.73. The van der Waals surface area contributed by atoms with Gasteiger partial charge in [-0.25, -0.2) is 0 Å². The number of amides is 1. The molecule has 4 heteroatoms. The molecule has 104 valence electrons. The van der Waals surface area contributed by atoms with Gasteiger partial charge in [0.1, 0.15) is 0 Å². The van der Waals surface area contributed by atoms with Crippen molar-refractivity contribution >= 4 is 33.2 Å². The van der Waals surface area contributed by atoms with E-state index in [9.17, 15) is 4.79 Å². The molecule has 0 spiro atoms. The highest BCUT2D eigenvalue weighted by Crippen LogP contribution is 2.27. The van der Waals surface area contributed by atoms with Crippen LogP contribution in [0.3, 0.4) is 0 Å². The highest BCUT2D eigenvalue weighted by molar-refractivity contribution is 9.10. The van der Waals surface area contributed by atoms with Gasteiger partial charge in [-0.05, 0) is 47.0 Å². The fourth-order valence-electron chi connectivity index (χ4n) is 2.59. The van der Waals surface area contributed by atoms with Crippen molar-refractivity contribution in [3.8, 4) is 0 Å². The van der Waals surface area contributed by atoms with Crippen LogP contribution in [0.15, 0.2) is 22.7 Å². The number of benzene rings is 1. The minimum absolute atomic E-state index is 0.146. The van der Waals surface area contributed by atoms with E-state index in [4.69, 9.17) is 5.73 Å². The Labute approximate surface area is 123 Å². The zero-order valence-corrected chi connectivity index (χ0v) is 12.7. The van der Waals surface area contributed by atoms with Crippen molar-refractivity contribution in [2.45, 2.75) is 44.9 Å². The van der Waals surface area contributed by atoms with Gasteiger partial charge in [-0.2, -0.15) is 0 Å². The van der Waals surface area contributed by atoms with Crippen LogP contribution in [0.1, 0.15) is 44.9 Å². The molecule has 1 aliphatic carbocycles. The Morgan fingerprint density at radius 2 is 1.79 bits per heavy atom. The molecule has 1 aliphatic rings. The number of anilines is 2. The predicted octanol–water partition coefficient (Wildman–Crippen LogP) is 4.33. The smallest absolute Gasteiger partial charge is 0.227 e. The van der Waals surface area contributed by atoms with E-state index in [0.717, 1.165) is 23.0 Å². The zero-order chi connectivity index (χ0) is 13.7. The van der Waals surface area contributed by atoms with Gasteiger partial charge in [0.15, 0.2) is 0 Å². The number of halogens is 1. The standard InChI is InChI=1S/C15H21BrN2O/c16-13-10-12(17)8-9-14(13)18-15(19)11-6-4-2-1-3-5-7-11/h8-11H,1-7,17H2,(H,18,19). The summed E-state index contributed by atoms with van der Waals surface area (Å²) >= 11 is 3.43. The van der Waals surface area contributed by atoms with Gasteiger partial charge in [-0.1, -0.05) is 32.1 Å². The number of rotatable bonds is 2. The molecule has 0 heterocycles. The van der Waals surface area contributed by atoms with Crippen molar-refractivity contribution in [1.82, 2.24) is 0 Å². The van der Waals surface area contributed by atoms with Crippen LogP contribution >= 0.6 is 15.9 Å². The lowest BCUT2D eigenvalue weighted by atomic mass is 9.90. The molecule has 1 amide bonds. The van der Waals surface area contributed by atoms with Crippen molar-refractivity contribution in [3.05, 3.63) is 22.7 Å². The largest absolute Gasteiger partial charge is 0.399 e. The molecule has 1 aromatic carbocycles. The summed E-state index contributed by atoms with van der Waals surface area (Å²) in [7, 11) is 0. The summed E-state index contributed by atoms with van der Waals surface area (Å²) < 4.78 is 0.840. The maximum atomic E-state index is 12.3. The van der Waals surface area contributed by atoms with Crippen LogP contribution < -0.4 is 11.1 Å². The van der Waals surface area contributed by atoms with Crippen LogP contribution in [0.4, 0.5) is 11.4 Å². The van der Waals surface area contributed by atoms with Crippen molar-refractivity contribution in [2.24, 2.45) is 5.92 Å². The van der Waals surface area contributed by atoms with E-state index in [1.165, 1.54) is 32.1 Å². The molecule has 0 radical (unpaired) electrons. The van der Waals surface area contributed by atoms with Crippen LogP contribution in [0.5, 0.6) is 0 Å². The number of nitrogens with one attached hydrogen (secondary N) is 1. The molecule has 1 aromatic rings. The summed E-state index contributed by atoms with van der Waals surface area (Å²) in [6.07, 6.45) is 8.20. The quantitative estimate of drug-likeness (QED) is 0.795. The summed E-state index contributed by atoms with van der Waals surface area (Å²) in [5.74, 6) is 0.303. The lowest BCUT2D eigenvalue weighted by Crippen LogP contribution is -2.23. The Morgan fingerprint density at radius 1 is 1.16 bits per heavy atom. The molecule has 0 aromatic heterocycles. The van der Waals surface area contributed by atoms with Crippen LogP contribution in [0.2, 0.25) is 0 Å². The van der Waals surface area contributed by atoms with Crippen LogP contribution in [0.25, 0.3) is 0 Å². The van der Waals surface area contributed by atoms with E-state index >= 15 is 0 Å². The second-order valence-corrected chi connectivity index (χ2v) is 6.12. The van der Waals surface area contributed by atoms with Crippen molar-refractivity contribution in [2.75, 3.05) is 11.1 Å². The maximum Gasteiger partial charge on any atom is 0.227 e. The molecule has 19 heavy (non-hydrogen) atoms. The lowest BCUT2D eigenvalue weighted by Gasteiger charge is -2.19. The van der Waals surface area contributed by atoms with Gasteiger partial charge in [0.05, 0.1) is 5.69 Å². The molecule has 1 fully saturated rings. The third-order valence-corrected chi connectivity index (χ3v) is 4.38. The lowest BCUT2D eigenvalue weighted by molar-refractivity contribution is -0.120. The molecule has 2 rings (SSSR count). The monoisotopic (exact) mass is 324 g/mol. The Bertz CT molecular complexity index is 440. The summed E-state index contributed by atoms with van der Waals surface area (Å²) in [5.41, 5.74) is 7.19. The topological polar surface area (TPSA) is 55.1 Å². The number of carbonyl (C=O) groups excluding carboxylic acids is 1. The minimum atomic E-state index is 0.146. The molecule has 0 unspecified atom stereocenters. The third kappa shape index (κ3) is 4.23. The second kappa shape index (κ2) is 6.94. The van der Waals surface area contributed by atoms with Gasteiger partial charge in [-0.3, -0.25) is 4.79 Å². The second-order valence-electron chi connectivity index (χ2n) is 5.27. The number of nitrogen functional groups attached to an aromatic ring is 1. The average molecular weight is 325 g/mol. The molecule has 1 saturated carbocycles. The van der Waals surface area contributed by atoms with Gasteiger partial charge in [0.25, 0.3) is 0 Å². The average Bonchev–Trinajstić information content (AvgIpc) is 2.32. The van der Waals surface area contributed by atoms with E-state index < -0.39 is 0 Å². The summed E-state index contributed by atoms with van der Waals surface area (Å²) in [6.45, 7) is 0. The van der Waals surface area contributed by atoms with Gasteiger partial charge in [0.2, 0.25) is 5.91 Å². The highest BCUT2D eigenvalue weighted by Gasteiger charge is 2.19. The van der Waals surface area contributed by atoms with Gasteiger partial charge in [-0.15, -0.1) is 0 Å². The molecular formula is C15H21BrN2O. The first-order valence-corrected chi connectivity index (χ1v) is 7.82. The van der Waals surface area contributed by atoms with Gasteiger partial charge in [0, 0.05) is 16.1 Å². The van der Waals surface area contributed by atoms with Crippen molar-refractivity contribution in [3.63, 3.8) is 0 Å². The normalized spacial score (nSPS) is 17.5. The van der Waals surface area contributed by atoms with E-state index in [-0.39, 0.29) is 11.8 Å². The Hall–Kier alpha value is -1.03. The zero-order valence-electron chi connectivity index (χ0n) is 11.1. The van der Waals surface area contributed by atoms with Crippen LogP contribution in [0, 0.1) is 5.92 Å². The first-order valence-electron chi connectivity index (χ1n) is 7.02. The Kier molecular flexibility index (Phi) is 5.25. The molecule has 3 nitrogen and oxygen atoms in total. The van der Waals surface area contributed by atoms with E-state index in [2.05, 4.69) is 21.2 Å². The van der Waals surface area contributed by atoms with E-state index in [0.29, 0.717) is 5.69 Å².